The fourth-order valence-electron chi connectivity index (χ4n) is 1.11. The molecule has 1 aromatic carbocycles. The predicted molar refractivity (Wildman–Crippen MR) is 56.1 cm³/mol. The molecule has 0 heterocycles. The summed E-state index contributed by atoms with van der Waals surface area (Å²) < 4.78 is 21.0. The molecule has 0 saturated carbocycles. The number of ether oxygens (including phenoxy) is 2. The fraction of sp³-hybridized carbons (Fsp3) is 0.300. The maximum atomic E-state index is 11.7. The molecule has 0 radical (unpaired) electrons. The first-order valence-electron chi connectivity index (χ1n) is 4.25. The minimum absolute atomic E-state index is 0.0635. The standard InChI is InChI=1S/C10H12O4S/c1-13-7-15(12)9-6-4-3-5-8(9)10(11)14-2/h3-6H,7H2,1-2H3. The average molecular weight is 228 g/mol. The normalized spacial score (nSPS) is 12.1. The molecule has 1 atom stereocenters. The quantitative estimate of drug-likeness (QED) is 0.726. The number of carbonyl (C=O) groups is 1. The minimum atomic E-state index is -1.34. The van der Waals surface area contributed by atoms with Crippen molar-refractivity contribution in [2.75, 3.05) is 20.2 Å². The van der Waals surface area contributed by atoms with Crippen LogP contribution in [0, 0.1) is 0 Å². The van der Waals surface area contributed by atoms with Crippen molar-refractivity contribution >= 4 is 16.8 Å². The fourth-order valence-corrected chi connectivity index (χ4v) is 2.08. The summed E-state index contributed by atoms with van der Waals surface area (Å²) in [5, 5.41) is 0. The van der Waals surface area contributed by atoms with Crippen molar-refractivity contribution < 1.29 is 18.5 Å². The van der Waals surface area contributed by atoms with Gasteiger partial charge in [-0.25, -0.2) is 4.79 Å². The van der Waals surface area contributed by atoms with Crippen molar-refractivity contribution in [1.82, 2.24) is 0 Å². The summed E-state index contributed by atoms with van der Waals surface area (Å²) in [6, 6.07) is 6.62. The highest BCUT2D eigenvalue weighted by atomic mass is 32.2. The van der Waals surface area contributed by atoms with Crippen LogP contribution in [-0.4, -0.2) is 30.3 Å². The first-order valence-corrected chi connectivity index (χ1v) is 5.57. The molecule has 1 unspecified atom stereocenters. The Balaban J connectivity index is 3.06. The number of methoxy groups -OCH3 is 2. The van der Waals surface area contributed by atoms with Crippen LogP contribution in [0.5, 0.6) is 0 Å². The molecular formula is C10H12O4S. The Morgan fingerprint density at radius 3 is 2.60 bits per heavy atom. The summed E-state index contributed by atoms with van der Waals surface area (Å²) in [6.45, 7) is 0. The molecule has 82 valence electrons. The topological polar surface area (TPSA) is 52.6 Å². The van der Waals surface area contributed by atoms with Gasteiger partial charge in [-0.1, -0.05) is 12.1 Å². The number of hydrogen-bond donors (Lipinski definition) is 0. The predicted octanol–water partition coefficient (Wildman–Crippen LogP) is 1.18. The molecule has 15 heavy (non-hydrogen) atoms. The van der Waals surface area contributed by atoms with Crippen molar-refractivity contribution in [3.8, 4) is 0 Å². The molecule has 0 aliphatic rings. The van der Waals surface area contributed by atoms with E-state index in [1.165, 1.54) is 14.2 Å². The van der Waals surface area contributed by atoms with Crippen LogP contribution in [0.25, 0.3) is 0 Å². The van der Waals surface area contributed by atoms with Gasteiger partial charge in [-0.3, -0.25) is 4.21 Å². The molecular weight excluding hydrogens is 216 g/mol. The van der Waals surface area contributed by atoms with Gasteiger partial charge < -0.3 is 9.47 Å². The van der Waals surface area contributed by atoms with Crippen LogP contribution < -0.4 is 0 Å². The molecule has 0 spiro atoms. The molecule has 1 rings (SSSR count). The van der Waals surface area contributed by atoms with Crippen LogP contribution in [-0.2, 0) is 20.3 Å². The van der Waals surface area contributed by atoms with E-state index in [0.717, 1.165) is 0 Å². The third kappa shape index (κ3) is 2.87. The van der Waals surface area contributed by atoms with Gasteiger partial charge in [0.25, 0.3) is 0 Å². The van der Waals surface area contributed by atoms with E-state index < -0.39 is 16.8 Å². The Labute approximate surface area is 90.7 Å². The van der Waals surface area contributed by atoms with Crippen molar-refractivity contribution in [2.24, 2.45) is 0 Å². The lowest BCUT2D eigenvalue weighted by Crippen LogP contribution is -2.09. The summed E-state index contributed by atoms with van der Waals surface area (Å²) in [6.07, 6.45) is 0. The Kier molecular flexibility index (Phi) is 4.45. The lowest BCUT2D eigenvalue weighted by molar-refractivity contribution is 0.0596. The summed E-state index contributed by atoms with van der Waals surface area (Å²) in [5.41, 5.74) is 0.315. The molecule has 5 heteroatoms. The first-order chi connectivity index (χ1) is 7.20. The number of benzene rings is 1. The van der Waals surface area contributed by atoms with Crippen LogP contribution in [0.1, 0.15) is 10.4 Å². The van der Waals surface area contributed by atoms with Crippen LogP contribution in [0.3, 0.4) is 0 Å². The van der Waals surface area contributed by atoms with Gasteiger partial charge >= 0.3 is 5.97 Å². The Hall–Kier alpha value is -1.20. The molecule has 0 fully saturated rings. The van der Waals surface area contributed by atoms with Crippen molar-refractivity contribution in [3.63, 3.8) is 0 Å². The summed E-state index contributed by atoms with van der Waals surface area (Å²) in [5.74, 6) is -0.427. The molecule has 0 aliphatic carbocycles. The van der Waals surface area contributed by atoms with E-state index in [-0.39, 0.29) is 5.94 Å². The molecule has 0 N–H and O–H groups in total. The lowest BCUT2D eigenvalue weighted by atomic mass is 10.2. The second-order valence-corrected chi connectivity index (χ2v) is 4.11. The third-order valence-corrected chi connectivity index (χ3v) is 3.06. The number of carbonyl (C=O) groups excluding carboxylic acids is 1. The zero-order valence-electron chi connectivity index (χ0n) is 8.56. The van der Waals surface area contributed by atoms with Gasteiger partial charge in [0.15, 0.2) is 0 Å². The number of esters is 1. The minimum Gasteiger partial charge on any atom is -0.465 e. The van der Waals surface area contributed by atoms with Crippen LogP contribution in [0.4, 0.5) is 0 Å². The van der Waals surface area contributed by atoms with E-state index in [1.807, 2.05) is 0 Å². The summed E-state index contributed by atoms with van der Waals surface area (Å²) in [7, 11) is 1.41. The van der Waals surface area contributed by atoms with E-state index >= 15 is 0 Å². The first kappa shape index (κ1) is 11.9. The molecule has 0 saturated heterocycles. The second-order valence-electron chi connectivity index (χ2n) is 2.74. The molecule has 0 aliphatic heterocycles. The lowest BCUT2D eigenvalue weighted by Gasteiger charge is -2.06. The molecule has 0 amide bonds. The highest BCUT2D eigenvalue weighted by molar-refractivity contribution is 7.85. The van der Waals surface area contributed by atoms with Crippen molar-refractivity contribution in [3.05, 3.63) is 29.8 Å². The SMILES string of the molecule is COCS(=O)c1ccccc1C(=O)OC. The van der Waals surface area contributed by atoms with Crippen LogP contribution in [0.15, 0.2) is 29.2 Å². The largest absolute Gasteiger partial charge is 0.465 e. The van der Waals surface area contributed by atoms with Gasteiger partial charge in [-0.05, 0) is 12.1 Å². The van der Waals surface area contributed by atoms with E-state index in [0.29, 0.717) is 10.5 Å². The Bertz CT molecular complexity index is 375. The average Bonchev–Trinajstić information content (AvgIpc) is 2.28. The van der Waals surface area contributed by atoms with E-state index in [4.69, 9.17) is 4.74 Å². The highest BCUT2D eigenvalue weighted by Crippen LogP contribution is 2.14. The van der Waals surface area contributed by atoms with Gasteiger partial charge in [0.2, 0.25) is 0 Å². The van der Waals surface area contributed by atoms with Gasteiger partial charge in [0, 0.05) is 7.11 Å². The van der Waals surface area contributed by atoms with Crippen LogP contribution >= 0.6 is 0 Å². The molecule has 0 aromatic heterocycles. The van der Waals surface area contributed by atoms with Crippen molar-refractivity contribution in [2.45, 2.75) is 4.90 Å². The molecule has 4 nitrogen and oxygen atoms in total. The number of rotatable bonds is 4. The van der Waals surface area contributed by atoms with Crippen LogP contribution in [0.2, 0.25) is 0 Å². The van der Waals surface area contributed by atoms with Gasteiger partial charge in [0.1, 0.15) is 5.94 Å². The Morgan fingerprint density at radius 1 is 1.33 bits per heavy atom. The monoisotopic (exact) mass is 228 g/mol. The van der Waals surface area contributed by atoms with E-state index in [9.17, 15) is 9.00 Å². The second kappa shape index (κ2) is 5.63. The van der Waals surface area contributed by atoms with E-state index in [1.54, 1.807) is 24.3 Å². The summed E-state index contributed by atoms with van der Waals surface area (Å²) >= 11 is 0. The van der Waals surface area contributed by atoms with Gasteiger partial charge in [-0.15, -0.1) is 0 Å². The highest BCUT2D eigenvalue weighted by Gasteiger charge is 2.15. The number of hydrogen-bond acceptors (Lipinski definition) is 4. The maximum Gasteiger partial charge on any atom is 0.339 e. The van der Waals surface area contributed by atoms with E-state index in [2.05, 4.69) is 4.74 Å². The zero-order chi connectivity index (χ0) is 11.3. The molecule has 1 aromatic rings. The Morgan fingerprint density at radius 2 is 2.00 bits per heavy atom. The molecule has 0 bridgehead atoms. The zero-order valence-corrected chi connectivity index (χ0v) is 9.37. The van der Waals surface area contributed by atoms with Gasteiger partial charge in [0.05, 0.1) is 28.4 Å². The maximum absolute atomic E-state index is 11.7. The summed E-state index contributed by atoms with van der Waals surface area (Å²) in [4.78, 5) is 11.8. The van der Waals surface area contributed by atoms with Crippen molar-refractivity contribution in [1.29, 1.82) is 0 Å². The smallest absolute Gasteiger partial charge is 0.339 e. The van der Waals surface area contributed by atoms with Gasteiger partial charge in [-0.2, -0.15) is 0 Å². The third-order valence-electron chi connectivity index (χ3n) is 1.76.